The zero-order chi connectivity index (χ0) is 16.6. The van der Waals surface area contributed by atoms with E-state index in [9.17, 15) is 9.59 Å². The van der Waals surface area contributed by atoms with Crippen LogP contribution in [0, 0.1) is 11.3 Å². The van der Waals surface area contributed by atoms with Gasteiger partial charge in [0.05, 0.1) is 0 Å². The first-order valence-electron chi connectivity index (χ1n) is 7.53. The minimum atomic E-state index is -0.909. The Morgan fingerprint density at radius 2 is 1.95 bits per heavy atom. The quantitative estimate of drug-likeness (QED) is 0.267. The second-order valence-electron chi connectivity index (χ2n) is 4.70. The van der Waals surface area contributed by atoms with E-state index in [4.69, 9.17) is 15.1 Å². The minimum Gasteiger partial charge on any atom is -0.481 e. The van der Waals surface area contributed by atoms with Crippen LogP contribution in [0.4, 0.5) is 0 Å². The van der Waals surface area contributed by atoms with Crippen LogP contribution in [0.2, 0.25) is 0 Å². The molecule has 0 rings (SSSR count). The van der Waals surface area contributed by atoms with Crippen molar-refractivity contribution in [3.63, 3.8) is 0 Å². The van der Waals surface area contributed by atoms with Crippen LogP contribution in [0.15, 0.2) is 11.8 Å². The summed E-state index contributed by atoms with van der Waals surface area (Å²) in [4.78, 5) is 22.0. The first-order valence-corrected chi connectivity index (χ1v) is 7.53. The molecule has 7 nitrogen and oxygen atoms in total. The molecule has 0 aliphatic carbocycles. The van der Waals surface area contributed by atoms with Gasteiger partial charge < -0.3 is 20.5 Å². The highest BCUT2D eigenvalue weighted by atomic mass is 16.5. The molecule has 0 fully saturated rings. The molecule has 124 valence electrons. The Morgan fingerprint density at radius 1 is 1.23 bits per heavy atom. The Balaban J connectivity index is 3.80. The van der Waals surface area contributed by atoms with Crippen molar-refractivity contribution in [2.75, 3.05) is 26.3 Å². The maximum Gasteiger partial charge on any atom is 0.303 e. The predicted molar refractivity (Wildman–Crippen MR) is 81.9 cm³/mol. The standard InChI is InChI=1S/C15H25N3O4/c1-2-3-9-22-10-5-7-17-12-13(11-16)15(21)18-8-4-6-14(19)20/h12,17H,2-10H2,1H3,(H,18,21)(H,19,20)/b13-12-. The number of nitrogens with one attached hydrogen (secondary N) is 2. The maximum atomic E-state index is 11.6. The molecule has 0 aliphatic rings. The summed E-state index contributed by atoms with van der Waals surface area (Å²) in [5.74, 6) is -1.41. The molecule has 22 heavy (non-hydrogen) atoms. The second kappa shape index (κ2) is 13.9. The third kappa shape index (κ3) is 11.7. The Morgan fingerprint density at radius 3 is 2.59 bits per heavy atom. The van der Waals surface area contributed by atoms with Gasteiger partial charge in [0.25, 0.3) is 5.91 Å². The van der Waals surface area contributed by atoms with Crippen LogP contribution in [0.3, 0.4) is 0 Å². The van der Waals surface area contributed by atoms with E-state index in [2.05, 4.69) is 17.6 Å². The Kier molecular flexibility index (Phi) is 12.6. The van der Waals surface area contributed by atoms with Gasteiger partial charge in [0.1, 0.15) is 11.6 Å². The molecule has 0 saturated carbocycles. The second-order valence-corrected chi connectivity index (χ2v) is 4.70. The fourth-order valence-electron chi connectivity index (χ4n) is 1.48. The fraction of sp³-hybridized carbons (Fsp3) is 0.667. The number of hydrogen-bond donors (Lipinski definition) is 3. The molecule has 1 amide bonds. The number of carbonyl (C=O) groups is 2. The highest BCUT2D eigenvalue weighted by molar-refractivity contribution is 5.97. The zero-order valence-electron chi connectivity index (χ0n) is 13.1. The lowest BCUT2D eigenvalue weighted by atomic mass is 10.2. The number of unbranched alkanes of at least 4 members (excludes halogenated alkanes) is 1. The SMILES string of the molecule is CCCCOCCCN/C=C(/C#N)C(=O)NCCCC(=O)O. The van der Waals surface area contributed by atoms with Gasteiger partial charge in [0.15, 0.2) is 0 Å². The molecule has 0 unspecified atom stereocenters. The topological polar surface area (TPSA) is 111 Å². The number of carboxylic acid groups (broad SMARTS) is 1. The Hall–Kier alpha value is -2.07. The highest BCUT2D eigenvalue weighted by Crippen LogP contribution is 1.93. The lowest BCUT2D eigenvalue weighted by Gasteiger charge is -2.05. The van der Waals surface area contributed by atoms with E-state index in [1.165, 1.54) is 6.20 Å². The summed E-state index contributed by atoms with van der Waals surface area (Å²) < 4.78 is 5.39. The van der Waals surface area contributed by atoms with Gasteiger partial charge >= 0.3 is 5.97 Å². The molecule has 0 saturated heterocycles. The lowest BCUT2D eigenvalue weighted by molar-refractivity contribution is -0.137. The highest BCUT2D eigenvalue weighted by Gasteiger charge is 2.07. The van der Waals surface area contributed by atoms with E-state index in [0.29, 0.717) is 19.6 Å². The minimum absolute atomic E-state index is 0.0117. The average molecular weight is 311 g/mol. The lowest BCUT2D eigenvalue weighted by Crippen LogP contribution is -2.27. The first-order chi connectivity index (χ1) is 10.6. The normalized spacial score (nSPS) is 10.8. The van der Waals surface area contributed by atoms with E-state index >= 15 is 0 Å². The van der Waals surface area contributed by atoms with E-state index in [1.54, 1.807) is 0 Å². The molecule has 3 N–H and O–H groups in total. The van der Waals surface area contributed by atoms with E-state index in [-0.39, 0.29) is 18.5 Å². The number of nitriles is 1. The summed E-state index contributed by atoms with van der Waals surface area (Å²) in [5, 5.41) is 22.8. The van der Waals surface area contributed by atoms with Crippen LogP contribution in [0.5, 0.6) is 0 Å². The van der Waals surface area contributed by atoms with Crippen molar-refractivity contribution in [3.05, 3.63) is 11.8 Å². The molecule has 0 aromatic carbocycles. The number of carboxylic acids is 1. The molecule has 0 aromatic rings. The summed E-state index contributed by atoms with van der Waals surface area (Å²) >= 11 is 0. The van der Waals surface area contributed by atoms with Crippen LogP contribution < -0.4 is 10.6 Å². The molecule has 0 aliphatic heterocycles. The van der Waals surface area contributed by atoms with Crippen molar-refractivity contribution < 1.29 is 19.4 Å². The summed E-state index contributed by atoms with van der Waals surface area (Å²) in [6.07, 6.45) is 4.64. The molecule has 0 bridgehead atoms. The summed E-state index contributed by atoms with van der Waals surface area (Å²) in [7, 11) is 0. The van der Waals surface area contributed by atoms with Crippen LogP contribution >= 0.6 is 0 Å². The fourth-order valence-corrected chi connectivity index (χ4v) is 1.48. The van der Waals surface area contributed by atoms with Gasteiger partial charge in [-0.25, -0.2) is 0 Å². The van der Waals surface area contributed by atoms with Gasteiger partial charge in [-0.2, -0.15) is 5.26 Å². The molecular weight excluding hydrogens is 286 g/mol. The summed E-state index contributed by atoms with van der Waals surface area (Å²) in [6.45, 7) is 4.35. The molecule has 0 aromatic heterocycles. The number of carbonyl (C=O) groups excluding carboxylic acids is 1. The number of hydrogen-bond acceptors (Lipinski definition) is 5. The number of rotatable bonds is 13. The van der Waals surface area contributed by atoms with Crippen LogP contribution in [0.1, 0.15) is 39.0 Å². The van der Waals surface area contributed by atoms with Crippen LogP contribution in [0.25, 0.3) is 0 Å². The van der Waals surface area contributed by atoms with Gasteiger partial charge in [-0.3, -0.25) is 9.59 Å². The van der Waals surface area contributed by atoms with Crippen molar-refractivity contribution in [2.45, 2.75) is 39.0 Å². The van der Waals surface area contributed by atoms with Gasteiger partial charge in [0.2, 0.25) is 0 Å². The third-order valence-corrected chi connectivity index (χ3v) is 2.72. The average Bonchev–Trinajstić information content (AvgIpc) is 2.49. The van der Waals surface area contributed by atoms with Gasteiger partial charge in [-0.05, 0) is 19.3 Å². The number of nitrogens with zero attached hydrogens (tertiary/aromatic N) is 1. The molecule has 0 atom stereocenters. The van der Waals surface area contributed by atoms with E-state index in [0.717, 1.165) is 25.9 Å². The van der Waals surface area contributed by atoms with Crippen LogP contribution in [-0.2, 0) is 14.3 Å². The van der Waals surface area contributed by atoms with E-state index in [1.807, 2.05) is 6.07 Å². The zero-order valence-corrected chi connectivity index (χ0v) is 13.1. The molecule has 0 spiro atoms. The van der Waals surface area contributed by atoms with Gasteiger partial charge in [0, 0.05) is 38.9 Å². The summed E-state index contributed by atoms with van der Waals surface area (Å²) in [5.41, 5.74) is -0.0257. The monoisotopic (exact) mass is 311 g/mol. The summed E-state index contributed by atoms with van der Waals surface area (Å²) in [6, 6.07) is 1.81. The van der Waals surface area contributed by atoms with Crippen LogP contribution in [-0.4, -0.2) is 43.3 Å². The van der Waals surface area contributed by atoms with Crippen molar-refractivity contribution in [3.8, 4) is 6.07 Å². The Labute approximate surface area is 131 Å². The maximum absolute atomic E-state index is 11.6. The van der Waals surface area contributed by atoms with Gasteiger partial charge in [-0.1, -0.05) is 13.3 Å². The number of aliphatic carboxylic acids is 1. The molecule has 0 heterocycles. The smallest absolute Gasteiger partial charge is 0.303 e. The molecule has 0 radical (unpaired) electrons. The van der Waals surface area contributed by atoms with Crippen molar-refractivity contribution in [1.29, 1.82) is 5.26 Å². The van der Waals surface area contributed by atoms with E-state index < -0.39 is 11.9 Å². The van der Waals surface area contributed by atoms with Crippen molar-refractivity contribution in [2.24, 2.45) is 0 Å². The predicted octanol–water partition coefficient (Wildman–Crippen LogP) is 1.17. The Bertz CT molecular complexity index is 402. The number of ether oxygens (including phenoxy) is 1. The van der Waals surface area contributed by atoms with Crippen molar-refractivity contribution >= 4 is 11.9 Å². The van der Waals surface area contributed by atoms with Gasteiger partial charge in [-0.15, -0.1) is 0 Å². The third-order valence-electron chi connectivity index (χ3n) is 2.72. The number of amides is 1. The first kappa shape index (κ1) is 19.9. The largest absolute Gasteiger partial charge is 0.481 e. The van der Waals surface area contributed by atoms with Crippen molar-refractivity contribution in [1.82, 2.24) is 10.6 Å². The molecule has 7 heteroatoms. The molecular formula is C15H25N3O4.